The minimum Gasteiger partial charge on any atom is -0.182 e. The van der Waals surface area contributed by atoms with Crippen molar-refractivity contribution in [3.63, 3.8) is 0 Å². The summed E-state index contributed by atoms with van der Waals surface area (Å²) in [5.41, 5.74) is 0. The average Bonchev–Trinajstić information content (AvgIpc) is 1.84. The molecule has 0 aliphatic carbocycles. The molecule has 42 valence electrons. The zero-order valence-electron chi connectivity index (χ0n) is 3.49. The van der Waals surface area contributed by atoms with Crippen LogP contribution in [0.3, 0.4) is 0 Å². The van der Waals surface area contributed by atoms with E-state index in [4.69, 9.17) is 0 Å². The number of rotatable bonds is 0. The Hall–Kier alpha value is 0.560. The van der Waals surface area contributed by atoms with Crippen LogP contribution in [0.25, 0.3) is 0 Å². The van der Waals surface area contributed by atoms with Crippen molar-refractivity contribution in [1.82, 2.24) is 0 Å². The predicted molar refractivity (Wildman–Crippen MR) is 29.9 cm³/mol. The lowest BCUT2D eigenvalue weighted by Crippen LogP contribution is -1.95. The lowest BCUT2D eigenvalue weighted by molar-refractivity contribution is 0.214. The van der Waals surface area contributed by atoms with Crippen molar-refractivity contribution in [2.75, 3.05) is 11.5 Å². The SMILES string of the molecule is FC1(F)SCCS1. The molecule has 1 rings (SSSR count). The second kappa shape index (κ2) is 1.82. The van der Waals surface area contributed by atoms with E-state index in [1.807, 2.05) is 0 Å². The van der Waals surface area contributed by atoms with Crippen LogP contribution in [0.5, 0.6) is 0 Å². The van der Waals surface area contributed by atoms with Crippen LogP contribution in [0.2, 0.25) is 0 Å². The first kappa shape index (κ1) is 5.69. The molecule has 1 saturated heterocycles. The van der Waals surface area contributed by atoms with Crippen molar-refractivity contribution in [1.29, 1.82) is 0 Å². The van der Waals surface area contributed by atoms with Crippen LogP contribution in [-0.4, -0.2) is 16.1 Å². The van der Waals surface area contributed by atoms with E-state index in [0.29, 0.717) is 11.5 Å². The monoisotopic (exact) mass is 142 g/mol. The minimum absolute atomic E-state index is 0.595. The van der Waals surface area contributed by atoms with E-state index in [0.717, 1.165) is 23.5 Å². The summed E-state index contributed by atoms with van der Waals surface area (Å²) in [6.07, 6.45) is 0. The quantitative estimate of drug-likeness (QED) is 0.507. The summed E-state index contributed by atoms with van der Waals surface area (Å²) >= 11 is 1.46. The van der Waals surface area contributed by atoms with Gasteiger partial charge in [-0.2, -0.15) is 8.78 Å². The molecule has 1 aliphatic heterocycles. The molecule has 0 aromatic carbocycles. The molecule has 0 aromatic heterocycles. The van der Waals surface area contributed by atoms with Crippen LogP contribution in [0, 0.1) is 0 Å². The predicted octanol–water partition coefficient (Wildman–Crippen LogP) is 2.02. The summed E-state index contributed by atoms with van der Waals surface area (Å²) in [5, 5.41) is 0. The first-order chi connectivity index (χ1) is 3.21. The normalized spacial score (nSPS) is 28.3. The maximum atomic E-state index is 11.9. The molecule has 1 heterocycles. The number of thioether (sulfide) groups is 2. The smallest absolute Gasteiger partial charge is 0.182 e. The first-order valence-electron chi connectivity index (χ1n) is 1.86. The van der Waals surface area contributed by atoms with Gasteiger partial charge in [0.15, 0.2) is 0 Å². The molecular weight excluding hydrogens is 138 g/mol. The Morgan fingerprint density at radius 3 is 1.71 bits per heavy atom. The molecule has 4 heteroatoms. The van der Waals surface area contributed by atoms with Gasteiger partial charge in [0.25, 0.3) is 0 Å². The molecule has 0 aromatic rings. The first-order valence-corrected chi connectivity index (χ1v) is 3.83. The van der Waals surface area contributed by atoms with Gasteiger partial charge >= 0.3 is 4.59 Å². The van der Waals surface area contributed by atoms with Crippen molar-refractivity contribution in [2.45, 2.75) is 4.59 Å². The van der Waals surface area contributed by atoms with E-state index in [1.165, 1.54) is 0 Å². The Labute approximate surface area is 49.0 Å². The molecule has 1 fully saturated rings. The lowest BCUT2D eigenvalue weighted by atomic mass is 11.0. The van der Waals surface area contributed by atoms with Gasteiger partial charge in [-0.3, -0.25) is 0 Å². The highest BCUT2D eigenvalue weighted by molar-refractivity contribution is 8.20. The van der Waals surface area contributed by atoms with Gasteiger partial charge in [0.1, 0.15) is 0 Å². The summed E-state index contributed by atoms with van der Waals surface area (Å²) in [6, 6.07) is 0. The Balaban J connectivity index is 2.40. The summed E-state index contributed by atoms with van der Waals surface area (Å²) in [7, 11) is 0. The second-order valence-corrected chi connectivity index (χ2v) is 3.84. The van der Waals surface area contributed by atoms with Crippen molar-refractivity contribution in [3.05, 3.63) is 0 Å². The zero-order chi connectivity index (χ0) is 5.33. The average molecular weight is 142 g/mol. The minimum atomic E-state index is -2.47. The number of alkyl halides is 2. The van der Waals surface area contributed by atoms with E-state index >= 15 is 0 Å². The van der Waals surface area contributed by atoms with Gasteiger partial charge in [-0.25, -0.2) is 0 Å². The molecule has 0 amide bonds. The van der Waals surface area contributed by atoms with Crippen LogP contribution in [0.4, 0.5) is 8.78 Å². The molecule has 0 saturated carbocycles. The van der Waals surface area contributed by atoms with E-state index in [2.05, 4.69) is 0 Å². The third-order valence-electron chi connectivity index (χ3n) is 0.624. The fraction of sp³-hybridized carbons (Fsp3) is 1.00. The van der Waals surface area contributed by atoms with Gasteiger partial charge < -0.3 is 0 Å². The van der Waals surface area contributed by atoms with E-state index in [1.54, 1.807) is 0 Å². The van der Waals surface area contributed by atoms with Crippen molar-refractivity contribution in [3.8, 4) is 0 Å². The lowest BCUT2D eigenvalue weighted by Gasteiger charge is -2.00. The summed E-state index contributed by atoms with van der Waals surface area (Å²) in [5.74, 6) is 1.19. The molecule has 0 N–H and O–H groups in total. The van der Waals surface area contributed by atoms with Gasteiger partial charge in [0.05, 0.1) is 0 Å². The Morgan fingerprint density at radius 1 is 1.14 bits per heavy atom. The summed E-state index contributed by atoms with van der Waals surface area (Å²) < 4.78 is 21.3. The maximum absolute atomic E-state index is 11.9. The molecular formula is C3H4F2S2. The van der Waals surface area contributed by atoms with Gasteiger partial charge in [-0.05, 0) is 0 Å². The van der Waals surface area contributed by atoms with Crippen LogP contribution in [0.1, 0.15) is 0 Å². The van der Waals surface area contributed by atoms with Crippen molar-refractivity contribution in [2.24, 2.45) is 0 Å². The molecule has 1 aliphatic rings. The number of halogens is 2. The molecule has 0 nitrogen and oxygen atoms in total. The molecule has 0 bridgehead atoms. The highest BCUT2D eigenvalue weighted by Crippen LogP contribution is 2.45. The summed E-state index contributed by atoms with van der Waals surface area (Å²) in [4.78, 5) is 0. The Morgan fingerprint density at radius 2 is 1.57 bits per heavy atom. The van der Waals surface area contributed by atoms with Crippen LogP contribution < -0.4 is 0 Å². The molecule has 0 atom stereocenters. The van der Waals surface area contributed by atoms with E-state index < -0.39 is 4.59 Å². The molecule has 0 radical (unpaired) electrons. The highest BCUT2D eigenvalue weighted by atomic mass is 32.2. The van der Waals surface area contributed by atoms with Crippen LogP contribution in [0.15, 0.2) is 0 Å². The fourth-order valence-corrected chi connectivity index (χ4v) is 2.34. The number of hydrogen-bond donors (Lipinski definition) is 0. The fourth-order valence-electron chi connectivity index (χ4n) is 0.363. The largest absolute Gasteiger partial charge is 0.341 e. The van der Waals surface area contributed by atoms with Crippen LogP contribution >= 0.6 is 23.5 Å². The number of hydrogen-bond acceptors (Lipinski definition) is 2. The third-order valence-corrected chi connectivity index (χ3v) is 3.08. The zero-order valence-corrected chi connectivity index (χ0v) is 5.12. The van der Waals surface area contributed by atoms with Crippen molar-refractivity contribution >= 4 is 23.5 Å². The van der Waals surface area contributed by atoms with E-state index in [-0.39, 0.29) is 0 Å². The van der Waals surface area contributed by atoms with Gasteiger partial charge in [-0.1, -0.05) is 23.5 Å². The van der Waals surface area contributed by atoms with Gasteiger partial charge in [0, 0.05) is 11.5 Å². The summed E-state index contributed by atoms with van der Waals surface area (Å²) in [6.45, 7) is 0. The molecule has 0 spiro atoms. The Bertz CT molecular complexity index is 65.3. The van der Waals surface area contributed by atoms with Crippen LogP contribution in [-0.2, 0) is 0 Å². The molecule has 0 unspecified atom stereocenters. The second-order valence-electron chi connectivity index (χ2n) is 1.16. The topological polar surface area (TPSA) is 0 Å². The standard InChI is InChI=1S/C3H4F2S2/c4-3(5)6-1-2-7-3/h1-2H2. The highest BCUT2D eigenvalue weighted by Gasteiger charge is 2.34. The van der Waals surface area contributed by atoms with E-state index in [9.17, 15) is 8.78 Å². The van der Waals surface area contributed by atoms with Crippen molar-refractivity contribution < 1.29 is 8.78 Å². The maximum Gasteiger partial charge on any atom is 0.341 e. The van der Waals surface area contributed by atoms with Gasteiger partial charge in [0.2, 0.25) is 0 Å². The van der Waals surface area contributed by atoms with Gasteiger partial charge in [-0.15, -0.1) is 0 Å². The molecule has 7 heavy (non-hydrogen) atoms. The third kappa shape index (κ3) is 1.49. The Kier molecular flexibility index (Phi) is 1.48.